The van der Waals surface area contributed by atoms with E-state index in [0.717, 1.165) is 10.0 Å². The third kappa shape index (κ3) is 3.75. The zero-order chi connectivity index (χ0) is 10.4. The molecule has 0 fully saturated rings. The van der Waals surface area contributed by atoms with Crippen LogP contribution in [0.3, 0.4) is 0 Å². The Bertz CT molecular complexity index is 281. The number of hydrogen-bond acceptors (Lipinski definition) is 3. The Hall–Kier alpha value is -0.420. The van der Waals surface area contributed by atoms with Gasteiger partial charge in [-0.05, 0) is 11.6 Å². The van der Waals surface area contributed by atoms with E-state index in [1.165, 1.54) is 0 Å². The number of rotatable bonds is 5. The lowest BCUT2D eigenvalue weighted by molar-refractivity contribution is 0.109. The van der Waals surface area contributed by atoms with Crippen molar-refractivity contribution in [2.24, 2.45) is 11.5 Å². The molecule has 3 nitrogen and oxygen atoms in total. The lowest BCUT2D eigenvalue weighted by atomic mass is 10.2. The van der Waals surface area contributed by atoms with Gasteiger partial charge in [-0.3, -0.25) is 0 Å². The second-order valence-corrected chi connectivity index (χ2v) is 3.96. The average Bonchev–Trinajstić information content (AvgIpc) is 2.20. The van der Waals surface area contributed by atoms with Gasteiger partial charge in [-0.15, -0.1) is 0 Å². The number of ether oxygens (including phenoxy) is 1. The van der Waals surface area contributed by atoms with Crippen molar-refractivity contribution in [3.8, 4) is 0 Å². The van der Waals surface area contributed by atoms with Crippen LogP contribution in [0.25, 0.3) is 0 Å². The predicted octanol–water partition coefficient (Wildman–Crippen LogP) is 1.25. The van der Waals surface area contributed by atoms with Crippen LogP contribution in [-0.4, -0.2) is 19.2 Å². The Kier molecular flexibility index (Phi) is 5.11. The Morgan fingerprint density at radius 3 is 2.71 bits per heavy atom. The van der Waals surface area contributed by atoms with E-state index >= 15 is 0 Å². The van der Waals surface area contributed by atoms with E-state index in [1.807, 2.05) is 24.3 Å². The smallest absolute Gasteiger partial charge is 0.0728 e. The average molecular weight is 259 g/mol. The molecule has 1 rings (SSSR count). The van der Waals surface area contributed by atoms with Gasteiger partial charge in [0.1, 0.15) is 0 Å². The van der Waals surface area contributed by atoms with Crippen molar-refractivity contribution in [3.63, 3.8) is 0 Å². The van der Waals surface area contributed by atoms with Gasteiger partial charge < -0.3 is 16.2 Å². The molecule has 0 saturated heterocycles. The monoisotopic (exact) mass is 258 g/mol. The number of halogens is 1. The molecule has 4 N–H and O–H groups in total. The van der Waals surface area contributed by atoms with Gasteiger partial charge >= 0.3 is 0 Å². The number of nitrogens with two attached hydrogens (primary N) is 2. The molecule has 0 heterocycles. The largest absolute Gasteiger partial charge is 0.375 e. The summed E-state index contributed by atoms with van der Waals surface area (Å²) in [6.07, 6.45) is 0. The van der Waals surface area contributed by atoms with Crippen molar-refractivity contribution in [2.75, 3.05) is 13.2 Å². The van der Waals surface area contributed by atoms with E-state index in [1.54, 1.807) is 0 Å². The van der Waals surface area contributed by atoms with Gasteiger partial charge in [0.05, 0.1) is 13.2 Å². The van der Waals surface area contributed by atoms with Crippen molar-refractivity contribution in [1.29, 1.82) is 0 Å². The number of hydrogen-bond donors (Lipinski definition) is 2. The molecule has 1 aromatic carbocycles. The molecule has 0 radical (unpaired) electrons. The first-order valence-electron chi connectivity index (χ1n) is 4.51. The van der Waals surface area contributed by atoms with Crippen LogP contribution in [0.5, 0.6) is 0 Å². The second kappa shape index (κ2) is 6.14. The first-order valence-corrected chi connectivity index (χ1v) is 5.30. The molecule has 1 atom stereocenters. The first kappa shape index (κ1) is 11.7. The molecule has 0 saturated carbocycles. The fourth-order valence-electron chi connectivity index (χ4n) is 1.00. The molecule has 0 unspecified atom stereocenters. The van der Waals surface area contributed by atoms with Gasteiger partial charge in [0, 0.05) is 17.1 Å². The van der Waals surface area contributed by atoms with Gasteiger partial charge in [0.2, 0.25) is 0 Å². The van der Waals surface area contributed by atoms with Crippen LogP contribution in [0.4, 0.5) is 0 Å². The maximum absolute atomic E-state index is 5.61. The lowest BCUT2D eigenvalue weighted by Crippen LogP contribution is -2.34. The Balaban J connectivity index is 2.35. The predicted molar refractivity (Wildman–Crippen MR) is 60.8 cm³/mol. The van der Waals surface area contributed by atoms with Gasteiger partial charge in [-0.1, -0.05) is 34.1 Å². The molecule has 0 aliphatic heterocycles. The van der Waals surface area contributed by atoms with Crippen LogP contribution < -0.4 is 11.5 Å². The minimum absolute atomic E-state index is 0.0718. The van der Waals surface area contributed by atoms with Crippen LogP contribution in [0.2, 0.25) is 0 Å². The van der Waals surface area contributed by atoms with Crippen LogP contribution in [0.1, 0.15) is 5.56 Å². The molecular formula is C10H15BrN2O. The maximum atomic E-state index is 5.61. The summed E-state index contributed by atoms with van der Waals surface area (Å²) < 4.78 is 6.47. The quantitative estimate of drug-likeness (QED) is 0.836. The zero-order valence-corrected chi connectivity index (χ0v) is 9.53. The fraction of sp³-hybridized carbons (Fsp3) is 0.400. The fourth-order valence-corrected chi connectivity index (χ4v) is 1.40. The second-order valence-electron chi connectivity index (χ2n) is 3.10. The van der Waals surface area contributed by atoms with E-state index in [9.17, 15) is 0 Å². The number of benzene rings is 1. The highest BCUT2D eigenvalue weighted by Gasteiger charge is 2.01. The first-order chi connectivity index (χ1) is 6.74. The van der Waals surface area contributed by atoms with Crippen LogP contribution >= 0.6 is 15.9 Å². The van der Waals surface area contributed by atoms with Crippen LogP contribution in [-0.2, 0) is 11.3 Å². The highest BCUT2D eigenvalue weighted by Crippen LogP contribution is 2.16. The van der Waals surface area contributed by atoms with Crippen LogP contribution in [0, 0.1) is 0 Å². The lowest BCUT2D eigenvalue weighted by Gasteiger charge is -2.10. The Morgan fingerprint density at radius 1 is 1.36 bits per heavy atom. The van der Waals surface area contributed by atoms with Crippen LogP contribution in [0.15, 0.2) is 28.7 Å². The summed E-state index contributed by atoms with van der Waals surface area (Å²) in [6.45, 7) is 1.52. The SMILES string of the molecule is NC[C@H](N)COCc1ccccc1Br. The molecule has 0 aliphatic rings. The van der Waals surface area contributed by atoms with E-state index in [4.69, 9.17) is 16.2 Å². The molecule has 78 valence electrons. The van der Waals surface area contributed by atoms with Crippen molar-refractivity contribution in [2.45, 2.75) is 12.6 Å². The molecule has 0 bridgehead atoms. The van der Waals surface area contributed by atoms with Gasteiger partial charge in [-0.2, -0.15) is 0 Å². The Morgan fingerprint density at radius 2 is 2.07 bits per heavy atom. The summed E-state index contributed by atoms with van der Waals surface area (Å²) in [5.74, 6) is 0. The molecule has 0 aromatic heterocycles. The molecule has 4 heteroatoms. The van der Waals surface area contributed by atoms with Gasteiger partial charge in [0.25, 0.3) is 0 Å². The summed E-state index contributed by atoms with van der Waals surface area (Å²) in [7, 11) is 0. The zero-order valence-electron chi connectivity index (χ0n) is 7.95. The van der Waals surface area contributed by atoms with E-state index in [0.29, 0.717) is 19.8 Å². The van der Waals surface area contributed by atoms with Crippen molar-refractivity contribution < 1.29 is 4.74 Å². The molecule has 0 aliphatic carbocycles. The molecule has 0 amide bonds. The van der Waals surface area contributed by atoms with Crippen molar-refractivity contribution in [3.05, 3.63) is 34.3 Å². The van der Waals surface area contributed by atoms with E-state index in [-0.39, 0.29) is 6.04 Å². The summed E-state index contributed by atoms with van der Waals surface area (Å²) in [5.41, 5.74) is 12.1. The molecule has 1 aromatic rings. The van der Waals surface area contributed by atoms with E-state index < -0.39 is 0 Å². The highest BCUT2D eigenvalue weighted by molar-refractivity contribution is 9.10. The molecular weight excluding hydrogens is 244 g/mol. The van der Waals surface area contributed by atoms with Gasteiger partial charge in [-0.25, -0.2) is 0 Å². The summed E-state index contributed by atoms with van der Waals surface area (Å²) in [6, 6.07) is 7.88. The van der Waals surface area contributed by atoms with E-state index in [2.05, 4.69) is 15.9 Å². The van der Waals surface area contributed by atoms with Gasteiger partial charge in [0.15, 0.2) is 0 Å². The molecule has 14 heavy (non-hydrogen) atoms. The normalized spacial score (nSPS) is 12.8. The molecule has 0 spiro atoms. The highest BCUT2D eigenvalue weighted by atomic mass is 79.9. The third-order valence-corrected chi connectivity index (χ3v) is 2.62. The van der Waals surface area contributed by atoms with Crippen molar-refractivity contribution >= 4 is 15.9 Å². The van der Waals surface area contributed by atoms with Crippen molar-refractivity contribution in [1.82, 2.24) is 0 Å². The maximum Gasteiger partial charge on any atom is 0.0728 e. The Labute approximate surface area is 92.6 Å². The topological polar surface area (TPSA) is 61.3 Å². The minimum atomic E-state index is -0.0718. The summed E-state index contributed by atoms with van der Waals surface area (Å²) >= 11 is 3.44. The standard InChI is InChI=1S/C10H15BrN2O/c11-10-4-2-1-3-8(10)6-14-7-9(13)5-12/h1-4,9H,5-7,12-13H2/t9-/m0/s1. The minimum Gasteiger partial charge on any atom is -0.375 e. The third-order valence-electron chi connectivity index (χ3n) is 1.85. The summed E-state index contributed by atoms with van der Waals surface area (Å²) in [5, 5.41) is 0. The summed E-state index contributed by atoms with van der Waals surface area (Å²) in [4.78, 5) is 0.